The SMILES string of the molecule is Cc1cc(N2C[C@]34C=C[C@H](O3)C(C(=O)NCc3ccc(Cl)c(Cl)c3)C4C2=O)no1. The molecule has 2 aromatic rings. The number of aryl methyl sites for hydroxylation is 1. The first-order valence-electron chi connectivity index (χ1n) is 9.21. The summed E-state index contributed by atoms with van der Waals surface area (Å²) in [6, 6.07) is 6.88. The molecule has 29 heavy (non-hydrogen) atoms. The number of rotatable bonds is 4. The summed E-state index contributed by atoms with van der Waals surface area (Å²) in [6.07, 6.45) is 3.35. The highest BCUT2D eigenvalue weighted by atomic mass is 35.5. The summed E-state index contributed by atoms with van der Waals surface area (Å²) >= 11 is 12.0. The van der Waals surface area contributed by atoms with Gasteiger partial charge in [-0.3, -0.25) is 14.5 Å². The number of nitrogens with zero attached hydrogens (tertiary/aromatic N) is 2. The molecule has 2 bridgehead atoms. The summed E-state index contributed by atoms with van der Waals surface area (Å²) in [7, 11) is 0. The third-order valence-electron chi connectivity index (χ3n) is 5.75. The summed E-state index contributed by atoms with van der Waals surface area (Å²) in [4.78, 5) is 27.7. The number of hydrogen-bond acceptors (Lipinski definition) is 5. The van der Waals surface area contributed by atoms with Gasteiger partial charge in [0.05, 0.1) is 34.5 Å². The minimum Gasteiger partial charge on any atom is -0.360 e. The Kier molecular flexibility index (Phi) is 4.24. The van der Waals surface area contributed by atoms with E-state index in [1.807, 2.05) is 12.2 Å². The number of benzene rings is 1. The molecule has 150 valence electrons. The topological polar surface area (TPSA) is 84.7 Å². The second kappa shape index (κ2) is 6.58. The fourth-order valence-corrected chi connectivity index (χ4v) is 4.75. The fourth-order valence-electron chi connectivity index (χ4n) is 4.43. The van der Waals surface area contributed by atoms with E-state index in [0.29, 0.717) is 28.2 Å². The summed E-state index contributed by atoms with van der Waals surface area (Å²) in [6.45, 7) is 2.35. The smallest absolute Gasteiger partial charge is 0.235 e. The van der Waals surface area contributed by atoms with Crippen LogP contribution in [0, 0.1) is 18.8 Å². The maximum absolute atomic E-state index is 13.2. The molecular weight excluding hydrogens is 417 g/mol. The molecule has 4 heterocycles. The van der Waals surface area contributed by atoms with E-state index in [4.69, 9.17) is 32.5 Å². The summed E-state index contributed by atoms with van der Waals surface area (Å²) in [5, 5.41) is 7.72. The van der Waals surface area contributed by atoms with E-state index in [1.165, 1.54) is 4.90 Å². The van der Waals surface area contributed by atoms with E-state index < -0.39 is 23.5 Å². The first-order chi connectivity index (χ1) is 13.9. The predicted octanol–water partition coefficient (Wildman–Crippen LogP) is 2.89. The van der Waals surface area contributed by atoms with Crippen LogP contribution in [0.2, 0.25) is 10.0 Å². The second-order valence-electron chi connectivity index (χ2n) is 7.59. The van der Waals surface area contributed by atoms with E-state index in [2.05, 4.69) is 10.5 Å². The number of anilines is 1. The van der Waals surface area contributed by atoms with Crippen molar-refractivity contribution in [1.82, 2.24) is 10.5 Å². The van der Waals surface area contributed by atoms with E-state index in [0.717, 1.165) is 5.56 Å². The largest absolute Gasteiger partial charge is 0.360 e. The maximum Gasteiger partial charge on any atom is 0.235 e. The van der Waals surface area contributed by atoms with Crippen molar-refractivity contribution in [2.24, 2.45) is 11.8 Å². The van der Waals surface area contributed by atoms with Crippen LogP contribution < -0.4 is 10.2 Å². The van der Waals surface area contributed by atoms with Gasteiger partial charge in [0.15, 0.2) is 5.82 Å². The van der Waals surface area contributed by atoms with Crippen LogP contribution in [0.25, 0.3) is 0 Å². The number of amides is 2. The van der Waals surface area contributed by atoms with Gasteiger partial charge in [0.1, 0.15) is 11.4 Å². The molecule has 1 spiro atoms. The monoisotopic (exact) mass is 433 g/mol. The van der Waals surface area contributed by atoms with Crippen LogP contribution in [0.15, 0.2) is 40.9 Å². The first kappa shape index (κ1) is 18.7. The number of ether oxygens (including phenoxy) is 1. The molecule has 0 radical (unpaired) electrons. The van der Waals surface area contributed by atoms with E-state index in [9.17, 15) is 9.59 Å². The molecular formula is C20H17Cl2N3O4. The zero-order valence-electron chi connectivity index (χ0n) is 15.4. The number of carbonyl (C=O) groups excluding carboxylic acids is 2. The molecule has 3 aliphatic heterocycles. The van der Waals surface area contributed by atoms with Crippen molar-refractivity contribution in [3.8, 4) is 0 Å². The minimum atomic E-state index is -0.805. The van der Waals surface area contributed by atoms with Crippen molar-refractivity contribution in [3.05, 3.63) is 57.8 Å². The number of halogens is 2. The molecule has 5 rings (SSSR count). The lowest BCUT2D eigenvalue weighted by atomic mass is 9.77. The molecule has 4 atom stereocenters. The van der Waals surface area contributed by atoms with E-state index in [-0.39, 0.29) is 18.4 Å². The van der Waals surface area contributed by atoms with Crippen LogP contribution in [0.4, 0.5) is 5.82 Å². The molecule has 0 aliphatic carbocycles. The molecule has 2 fully saturated rings. The second-order valence-corrected chi connectivity index (χ2v) is 8.40. The lowest BCUT2D eigenvalue weighted by Gasteiger charge is -2.23. The normalized spacial score (nSPS) is 29.6. The molecule has 2 saturated heterocycles. The Morgan fingerprint density at radius 1 is 1.34 bits per heavy atom. The Balaban J connectivity index is 1.36. The lowest BCUT2D eigenvalue weighted by Crippen LogP contribution is -2.44. The highest BCUT2D eigenvalue weighted by Crippen LogP contribution is 2.52. The number of nitrogens with one attached hydrogen (secondary N) is 1. The van der Waals surface area contributed by atoms with Crippen molar-refractivity contribution in [1.29, 1.82) is 0 Å². The van der Waals surface area contributed by atoms with Gasteiger partial charge in [0, 0.05) is 12.6 Å². The third kappa shape index (κ3) is 2.87. The molecule has 1 aromatic carbocycles. The van der Waals surface area contributed by atoms with Gasteiger partial charge < -0.3 is 14.6 Å². The number of fused-ring (bicyclic) bond motifs is 1. The van der Waals surface area contributed by atoms with Gasteiger partial charge in [-0.05, 0) is 24.6 Å². The molecule has 2 amide bonds. The highest BCUT2D eigenvalue weighted by Gasteiger charge is 2.67. The van der Waals surface area contributed by atoms with Crippen molar-refractivity contribution >= 4 is 40.8 Å². The molecule has 1 N–H and O–H groups in total. The third-order valence-corrected chi connectivity index (χ3v) is 6.48. The molecule has 0 saturated carbocycles. The van der Waals surface area contributed by atoms with Crippen LogP contribution in [-0.4, -0.2) is 35.2 Å². The number of aromatic nitrogens is 1. The quantitative estimate of drug-likeness (QED) is 0.749. The van der Waals surface area contributed by atoms with Gasteiger partial charge in [0.25, 0.3) is 0 Å². The van der Waals surface area contributed by atoms with Crippen molar-refractivity contribution < 1.29 is 18.8 Å². The van der Waals surface area contributed by atoms with Gasteiger partial charge in [-0.2, -0.15) is 0 Å². The van der Waals surface area contributed by atoms with Crippen LogP contribution in [-0.2, 0) is 20.9 Å². The molecule has 9 heteroatoms. The number of hydrogen-bond donors (Lipinski definition) is 1. The first-order valence-corrected chi connectivity index (χ1v) is 9.97. The Hall–Kier alpha value is -2.35. The zero-order chi connectivity index (χ0) is 20.3. The average molecular weight is 434 g/mol. The van der Waals surface area contributed by atoms with Crippen LogP contribution in [0.5, 0.6) is 0 Å². The molecule has 2 unspecified atom stereocenters. The standard InChI is InChI=1S/C20H17Cl2N3O4/c1-10-6-15(24-29-10)25-9-20-5-4-14(28-20)16(17(20)19(25)27)18(26)23-8-11-2-3-12(21)13(22)7-11/h2-7,14,16-17H,8-9H2,1H3,(H,23,26)/t14-,16?,17?,20-/m0/s1. The zero-order valence-corrected chi connectivity index (χ0v) is 16.9. The van der Waals surface area contributed by atoms with Crippen LogP contribution in [0.1, 0.15) is 11.3 Å². The van der Waals surface area contributed by atoms with Gasteiger partial charge in [-0.1, -0.05) is 46.6 Å². The van der Waals surface area contributed by atoms with Crippen LogP contribution >= 0.6 is 23.2 Å². The van der Waals surface area contributed by atoms with Crippen LogP contribution in [0.3, 0.4) is 0 Å². The molecule has 3 aliphatic rings. The van der Waals surface area contributed by atoms with Crippen molar-refractivity contribution in [2.45, 2.75) is 25.2 Å². The van der Waals surface area contributed by atoms with Crippen molar-refractivity contribution in [3.63, 3.8) is 0 Å². The Bertz CT molecular complexity index is 1050. The van der Waals surface area contributed by atoms with Gasteiger partial charge in [0.2, 0.25) is 11.8 Å². The fraction of sp³-hybridized carbons (Fsp3) is 0.350. The highest BCUT2D eigenvalue weighted by molar-refractivity contribution is 6.42. The molecule has 1 aromatic heterocycles. The van der Waals surface area contributed by atoms with Crippen molar-refractivity contribution in [2.75, 3.05) is 11.4 Å². The average Bonchev–Trinajstić information content (AvgIpc) is 3.43. The summed E-state index contributed by atoms with van der Waals surface area (Å²) < 4.78 is 11.2. The maximum atomic E-state index is 13.2. The Morgan fingerprint density at radius 2 is 2.17 bits per heavy atom. The lowest BCUT2D eigenvalue weighted by molar-refractivity contribution is -0.132. The Labute approximate surface area is 176 Å². The predicted molar refractivity (Wildman–Crippen MR) is 106 cm³/mol. The summed E-state index contributed by atoms with van der Waals surface area (Å²) in [5.74, 6) is -0.564. The number of carbonyl (C=O) groups is 2. The minimum absolute atomic E-state index is 0.181. The van der Waals surface area contributed by atoms with E-state index in [1.54, 1.807) is 31.2 Å². The molecule has 7 nitrogen and oxygen atoms in total. The van der Waals surface area contributed by atoms with E-state index >= 15 is 0 Å². The van der Waals surface area contributed by atoms with Gasteiger partial charge >= 0.3 is 0 Å². The Morgan fingerprint density at radius 3 is 2.90 bits per heavy atom. The van der Waals surface area contributed by atoms with Gasteiger partial charge in [-0.25, -0.2) is 0 Å². The summed E-state index contributed by atoms with van der Waals surface area (Å²) in [5.41, 5.74) is 0.0136. The van der Waals surface area contributed by atoms with Gasteiger partial charge in [-0.15, -0.1) is 0 Å².